The molecule has 2 heterocycles. The Labute approximate surface area is 197 Å². The highest BCUT2D eigenvalue weighted by Gasteiger charge is 2.25. The number of sulfone groups is 1. The molecule has 1 amide bonds. The van der Waals surface area contributed by atoms with E-state index in [4.69, 9.17) is 16.6 Å². The fraction of sp³-hybridized carbons (Fsp3) is 0.391. The second kappa shape index (κ2) is 9.37. The molecule has 3 aromatic rings. The highest BCUT2D eigenvalue weighted by atomic mass is 35.5. The minimum Gasteiger partial charge on any atom is -0.345 e. The van der Waals surface area contributed by atoms with Crippen LogP contribution in [0.2, 0.25) is 5.02 Å². The van der Waals surface area contributed by atoms with Gasteiger partial charge in [-0.15, -0.1) is 0 Å². The third-order valence-corrected chi connectivity index (χ3v) is 8.79. The van der Waals surface area contributed by atoms with Crippen LogP contribution in [-0.4, -0.2) is 56.1 Å². The van der Waals surface area contributed by atoms with Crippen molar-refractivity contribution >= 4 is 54.0 Å². The quantitative estimate of drug-likeness (QED) is 0.504. The van der Waals surface area contributed by atoms with Crippen LogP contribution in [0.4, 0.5) is 5.13 Å². The van der Waals surface area contributed by atoms with Gasteiger partial charge in [0.25, 0.3) is 0 Å². The molecular weight excluding hydrogens is 466 g/mol. The maximum Gasteiger partial charge on any atom is 0.223 e. The molecule has 0 radical (unpaired) electrons. The van der Waals surface area contributed by atoms with Crippen molar-refractivity contribution in [3.05, 3.63) is 53.1 Å². The summed E-state index contributed by atoms with van der Waals surface area (Å²) < 4.78 is 26.2. The van der Waals surface area contributed by atoms with Gasteiger partial charge in [0.05, 0.1) is 20.9 Å². The number of benzene rings is 2. The summed E-state index contributed by atoms with van der Waals surface area (Å²) in [5, 5.41) is 1.46. The lowest BCUT2D eigenvalue weighted by atomic mass is 10.0. The Morgan fingerprint density at radius 2 is 1.78 bits per heavy atom. The minimum absolute atomic E-state index is 0.0240. The number of thiazole rings is 1. The van der Waals surface area contributed by atoms with Gasteiger partial charge in [0.2, 0.25) is 5.91 Å². The summed E-state index contributed by atoms with van der Waals surface area (Å²) in [5.41, 5.74) is 2.31. The molecule has 1 fully saturated rings. The van der Waals surface area contributed by atoms with Crippen molar-refractivity contribution in [3.8, 4) is 0 Å². The largest absolute Gasteiger partial charge is 0.345 e. The van der Waals surface area contributed by atoms with E-state index in [1.54, 1.807) is 28.4 Å². The molecule has 0 aliphatic carbocycles. The summed E-state index contributed by atoms with van der Waals surface area (Å²) in [6.07, 6.45) is -0.0240. The van der Waals surface area contributed by atoms with Gasteiger partial charge in [-0.25, -0.2) is 13.4 Å². The molecule has 1 aromatic heterocycles. The Morgan fingerprint density at radius 1 is 1.09 bits per heavy atom. The van der Waals surface area contributed by atoms with Crippen molar-refractivity contribution in [1.82, 2.24) is 9.88 Å². The molecule has 32 heavy (non-hydrogen) atoms. The maximum atomic E-state index is 12.6. The van der Waals surface area contributed by atoms with Crippen LogP contribution in [0.3, 0.4) is 0 Å². The molecule has 0 saturated carbocycles. The van der Waals surface area contributed by atoms with Crippen LogP contribution in [-0.2, 0) is 14.6 Å². The number of hydrogen-bond donors (Lipinski definition) is 0. The van der Waals surface area contributed by atoms with Crippen LogP contribution >= 0.6 is 22.9 Å². The molecule has 1 aliphatic heterocycles. The van der Waals surface area contributed by atoms with Crippen molar-refractivity contribution in [1.29, 1.82) is 0 Å². The first kappa shape index (κ1) is 23.0. The van der Waals surface area contributed by atoms with E-state index in [9.17, 15) is 13.2 Å². The molecule has 0 N–H and O–H groups in total. The van der Waals surface area contributed by atoms with Gasteiger partial charge in [0.15, 0.2) is 15.0 Å². The van der Waals surface area contributed by atoms with Gasteiger partial charge < -0.3 is 9.80 Å². The second-order valence-electron chi connectivity index (χ2n) is 8.24. The number of aromatic nitrogens is 1. The van der Waals surface area contributed by atoms with E-state index in [1.165, 1.54) is 22.4 Å². The fourth-order valence-corrected chi connectivity index (χ4v) is 6.25. The van der Waals surface area contributed by atoms with Gasteiger partial charge in [-0.2, -0.15) is 0 Å². The average Bonchev–Trinajstić information content (AvgIpc) is 3.22. The number of carbonyl (C=O) groups is 1. The normalized spacial score (nSPS) is 15.0. The first-order valence-corrected chi connectivity index (χ1v) is 13.5. The van der Waals surface area contributed by atoms with E-state index in [2.05, 4.69) is 36.9 Å². The smallest absolute Gasteiger partial charge is 0.223 e. The number of nitrogens with zero attached hydrogens (tertiary/aromatic N) is 3. The van der Waals surface area contributed by atoms with Gasteiger partial charge in [0.1, 0.15) is 0 Å². The van der Waals surface area contributed by atoms with Crippen molar-refractivity contribution < 1.29 is 13.2 Å². The van der Waals surface area contributed by atoms with Crippen LogP contribution in [0.25, 0.3) is 10.2 Å². The van der Waals surface area contributed by atoms with Crippen molar-refractivity contribution in [2.24, 2.45) is 0 Å². The molecule has 0 unspecified atom stereocenters. The molecule has 6 nitrogen and oxygen atoms in total. The molecule has 0 spiro atoms. The van der Waals surface area contributed by atoms with E-state index in [1.807, 2.05) is 0 Å². The third-order valence-electron chi connectivity index (χ3n) is 5.72. The summed E-state index contributed by atoms with van der Waals surface area (Å²) >= 11 is 7.51. The van der Waals surface area contributed by atoms with Gasteiger partial charge in [-0.1, -0.05) is 48.9 Å². The molecule has 9 heteroatoms. The fourth-order valence-electron chi connectivity index (χ4n) is 3.85. The molecule has 1 saturated heterocycles. The number of rotatable bonds is 6. The molecular formula is C23H26ClN3O3S2. The van der Waals surface area contributed by atoms with Crippen LogP contribution in [0.15, 0.2) is 47.4 Å². The number of anilines is 1. The SMILES string of the molecule is CC(C)c1cccc2sc(N3CCN(C(=O)CCS(=O)(=O)c4ccc(Cl)cc4)CC3)nc12. The average molecular weight is 492 g/mol. The van der Waals surface area contributed by atoms with E-state index in [-0.39, 0.29) is 23.0 Å². The number of halogens is 1. The van der Waals surface area contributed by atoms with Crippen LogP contribution in [0, 0.1) is 0 Å². The molecule has 0 atom stereocenters. The summed E-state index contributed by atoms with van der Waals surface area (Å²) in [7, 11) is -3.52. The summed E-state index contributed by atoms with van der Waals surface area (Å²) in [4.78, 5) is 21.7. The molecule has 4 rings (SSSR count). The lowest BCUT2D eigenvalue weighted by Gasteiger charge is -2.34. The first-order valence-electron chi connectivity index (χ1n) is 10.6. The highest BCUT2D eigenvalue weighted by Crippen LogP contribution is 2.33. The second-order valence-corrected chi connectivity index (χ2v) is 11.8. The lowest BCUT2D eigenvalue weighted by molar-refractivity contribution is -0.131. The predicted octanol–water partition coefficient (Wildman–Crippen LogP) is 4.59. The summed E-state index contributed by atoms with van der Waals surface area (Å²) in [6, 6.07) is 12.3. The lowest BCUT2D eigenvalue weighted by Crippen LogP contribution is -2.49. The number of para-hydroxylation sites is 1. The van der Waals surface area contributed by atoms with E-state index < -0.39 is 9.84 Å². The molecule has 170 valence electrons. The maximum absolute atomic E-state index is 12.6. The highest BCUT2D eigenvalue weighted by molar-refractivity contribution is 7.91. The van der Waals surface area contributed by atoms with E-state index >= 15 is 0 Å². The number of hydrogen-bond acceptors (Lipinski definition) is 6. The summed E-state index contributed by atoms with van der Waals surface area (Å²) in [6.45, 7) is 6.84. The minimum atomic E-state index is -3.52. The first-order chi connectivity index (χ1) is 15.2. The van der Waals surface area contributed by atoms with Gasteiger partial charge in [-0.05, 0) is 41.8 Å². The third kappa shape index (κ3) is 4.92. The van der Waals surface area contributed by atoms with Crippen molar-refractivity contribution in [3.63, 3.8) is 0 Å². The summed E-state index contributed by atoms with van der Waals surface area (Å²) in [5.74, 6) is 0.0737. The Balaban J connectivity index is 1.35. The van der Waals surface area contributed by atoms with Gasteiger partial charge in [-0.3, -0.25) is 4.79 Å². The Morgan fingerprint density at radius 3 is 2.44 bits per heavy atom. The Bertz CT molecular complexity index is 1220. The van der Waals surface area contributed by atoms with Gasteiger partial charge in [0, 0.05) is 37.6 Å². The number of fused-ring (bicyclic) bond motifs is 1. The zero-order valence-corrected chi connectivity index (χ0v) is 20.5. The monoisotopic (exact) mass is 491 g/mol. The molecule has 0 bridgehead atoms. The zero-order chi connectivity index (χ0) is 22.9. The van der Waals surface area contributed by atoms with Crippen molar-refractivity contribution in [2.75, 3.05) is 36.8 Å². The molecule has 1 aliphatic rings. The van der Waals surface area contributed by atoms with Crippen LogP contribution in [0.1, 0.15) is 31.7 Å². The van der Waals surface area contributed by atoms with E-state index in [0.717, 1.165) is 10.6 Å². The van der Waals surface area contributed by atoms with Gasteiger partial charge >= 0.3 is 0 Å². The standard InChI is InChI=1S/C23H26ClN3O3S2/c1-16(2)19-4-3-5-20-22(19)25-23(31-20)27-13-11-26(12-14-27)21(28)10-15-32(29,30)18-8-6-17(24)7-9-18/h3-9,16H,10-15H2,1-2H3. The Hall–Kier alpha value is -2.16. The Kier molecular flexibility index (Phi) is 6.74. The van der Waals surface area contributed by atoms with Crippen LogP contribution < -0.4 is 4.90 Å². The number of piperazine rings is 1. The topological polar surface area (TPSA) is 70.6 Å². The van der Waals surface area contributed by atoms with E-state index in [0.29, 0.717) is 37.1 Å². The zero-order valence-electron chi connectivity index (χ0n) is 18.1. The molecule has 2 aromatic carbocycles. The van der Waals surface area contributed by atoms with Crippen LogP contribution in [0.5, 0.6) is 0 Å². The number of carbonyl (C=O) groups excluding carboxylic acids is 1. The number of amides is 1. The predicted molar refractivity (Wildman–Crippen MR) is 131 cm³/mol. The van der Waals surface area contributed by atoms with Crippen molar-refractivity contribution in [2.45, 2.75) is 31.1 Å².